The molecule has 9 heteroatoms. The molecule has 22 heavy (non-hydrogen) atoms. The normalized spacial score (nSPS) is 19.5. The van der Waals surface area contributed by atoms with Crippen molar-refractivity contribution >= 4 is 35.0 Å². The molecule has 2 rings (SSSR count). The molecule has 1 aliphatic rings. The predicted octanol–water partition coefficient (Wildman–Crippen LogP) is 2.45. The number of hydrazine groups is 1. The molecule has 1 aliphatic heterocycles. The SMILES string of the molecule is C[C](C)[C@H](C1CCN(c2cnnc(Cl)c2Cl)C1)N(N)C(=O)O. The zero-order chi connectivity index (χ0) is 16.4. The summed E-state index contributed by atoms with van der Waals surface area (Å²) in [5.41, 5.74) is 0.704. The number of anilines is 1. The molecule has 7 nitrogen and oxygen atoms in total. The van der Waals surface area contributed by atoms with Crippen LogP contribution in [-0.4, -0.2) is 45.5 Å². The third kappa shape index (κ3) is 3.37. The Morgan fingerprint density at radius 1 is 1.55 bits per heavy atom. The lowest BCUT2D eigenvalue weighted by molar-refractivity contribution is 0.112. The molecule has 3 N–H and O–H groups in total. The fourth-order valence-corrected chi connectivity index (χ4v) is 3.27. The number of nitrogens with zero attached hydrogens (tertiary/aromatic N) is 4. The van der Waals surface area contributed by atoms with Crippen molar-refractivity contribution in [2.24, 2.45) is 11.8 Å². The average Bonchev–Trinajstić information content (AvgIpc) is 2.90. The van der Waals surface area contributed by atoms with Crippen molar-refractivity contribution in [3.05, 3.63) is 22.3 Å². The maximum Gasteiger partial charge on any atom is 0.421 e. The van der Waals surface area contributed by atoms with Crippen LogP contribution in [0.4, 0.5) is 10.5 Å². The Hall–Kier alpha value is -1.31. The van der Waals surface area contributed by atoms with E-state index in [-0.39, 0.29) is 17.1 Å². The summed E-state index contributed by atoms with van der Waals surface area (Å²) in [7, 11) is 0. The van der Waals surface area contributed by atoms with Crippen molar-refractivity contribution in [1.29, 1.82) is 0 Å². The van der Waals surface area contributed by atoms with E-state index in [4.69, 9.17) is 34.2 Å². The van der Waals surface area contributed by atoms with E-state index >= 15 is 0 Å². The molecule has 1 aromatic rings. The van der Waals surface area contributed by atoms with Gasteiger partial charge in [-0.15, -0.1) is 5.10 Å². The van der Waals surface area contributed by atoms with Crippen LogP contribution in [0.25, 0.3) is 0 Å². The first-order chi connectivity index (χ1) is 10.3. The first-order valence-electron chi connectivity index (χ1n) is 6.81. The van der Waals surface area contributed by atoms with Crippen molar-refractivity contribution in [2.75, 3.05) is 18.0 Å². The van der Waals surface area contributed by atoms with Gasteiger partial charge < -0.3 is 10.0 Å². The van der Waals surface area contributed by atoms with Crippen LogP contribution in [0.15, 0.2) is 6.20 Å². The summed E-state index contributed by atoms with van der Waals surface area (Å²) in [6.45, 7) is 5.12. The van der Waals surface area contributed by atoms with E-state index in [9.17, 15) is 4.79 Å². The second-order valence-corrected chi connectivity index (χ2v) is 6.28. The molecule has 0 aliphatic carbocycles. The lowest BCUT2D eigenvalue weighted by Gasteiger charge is -2.33. The van der Waals surface area contributed by atoms with Crippen LogP contribution < -0.4 is 10.7 Å². The highest BCUT2D eigenvalue weighted by molar-refractivity contribution is 6.42. The Bertz CT molecular complexity index is 557. The Morgan fingerprint density at radius 2 is 2.23 bits per heavy atom. The van der Waals surface area contributed by atoms with Gasteiger partial charge in [-0.05, 0) is 12.3 Å². The first kappa shape index (κ1) is 17.1. The summed E-state index contributed by atoms with van der Waals surface area (Å²) < 4.78 is 0. The third-order valence-corrected chi connectivity index (χ3v) is 4.59. The number of carbonyl (C=O) groups is 1. The van der Waals surface area contributed by atoms with E-state index in [1.807, 2.05) is 18.7 Å². The molecule has 121 valence electrons. The number of halogens is 2. The molecule has 0 bridgehead atoms. The van der Waals surface area contributed by atoms with Crippen LogP contribution in [0.2, 0.25) is 10.2 Å². The lowest BCUT2D eigenvalue weighted by atomic mass is 9.89. The highest BCUT2D eigenvalue weighted by Crippen LogP contribution is 2.35. The van der Waals surface area contributed by atoms with Gasteiger partial charge in [-0.3, -0.25) is 0 Å². The fourth-order valence-electron chi connectivity index (χ4n) is 2.92. The smallest absolute Gasteiger partial charge is 0.421 e. The second kappa shape index (κ2) is 6.85. The summed E-state index contributed by atoms with van der Waals surface area (Å²) in [4.78, 5) is 13.2. The van der Waals surface area contributed by atoms with Gasteiger partial charge in [0.15, 0.2) is 5.15 Å². The monoisotopic (exact) mass is 346 g/mol. The Labute approximate surface area is 139 Å². The van der Waals surface area contributed by atoms with Crippen LogP contribution in [0.5, 0.6) is 0 Å². The van der Waals surface area contributed by atoms with E-state index in [0.717, 1.165) is 23.9 Å². The predicted molar refractivity (Wildman–Crippen MR) is 84.8 cm³/mol. The summed E-state index contributed by atoms with van der Waals surface area (Å²) in [6.07, 6.45) is 1.22. The van der Waals surface area contributed by atoms with Crippen LogP contribution >= 0.6 is 23.2 Å². The number of aromatic nitrogens is 2. The minimum absolute atomic E-state index is 0.0779. The summed E-state index contributed by atoms with van der Waals surface area (Å²) in [5.74, 6) is 6.73. The molecule has 1 fully saturated rings. The van der Waals surface area contributed by atoms with Gasteiger partial charge >= 0.3 is 6.09 Å². The minimum atomic E-state index is -1.14. The summed E-state index contributed by atoms with van der Waals surface area (Å²) >= 11 is 12.1. The molecule has 1 aromatic heterocycles. The maximum absolute atomic E-state index is 11.2. The van der Waals surface area contributed by atoms with E-state index in [1.165, 1.54) is 0 Å². The summed E-state index contributed by atoms with van der Waals surface area (Å²) in [6, 6.07) is -0.341. The maximum atomic E-state index is 11.2. The number of hydrogen-bond donors (Lipinski definition) is 2. The van der Waals surface area contributed by atoms with Gasteiger partial charge in [0.05, 0.1) is 17.9 Å². The van der Waals surface area contributed by atoms with Gasteiger partial charge in [-0.25, -0.2) is 15.6 Å². The van der Waals surface area contributed by atoms with Gasteiger partial charge in [0.1, 0.15) is 5.02 Å². The molecule has 2 heterocycles. The van der Waals surface area contributed by atoms with Crippen molar-refractivity contribution in [1.82, 2.24) is 15.2 Å². The topological polar surface area (TPSA) is 95.6 Å². The molecular weight excluding hydrogens is 329 g/mol. The fraction of sp³-hybridized carbons (Fsp3) is 0.538. The molecule has 2 atom stereocenters. The largest absolute Gasteiger partial charge is 0.464 e. The molecule has 1 radical (unpaired) electrons. The van der Waals surface area contributed by atoms with E-state index in [1.54, 1.807) is 6.20 Å². The molecule has 1 saturated heterocycles. The Balaban J connectivity index is 2.17. The molecule has 0 spiro atoms. The zero-order valence-electron chi connectivity index (χ0n) is 12.3. The van der Waals surface area contributed by atoms with Crippen molar-refractivity contribution in [3.8, 4) is 0 Å². The lowest BCUT2D eigenvalue weighted by Crippen LogP contribution is -2.51. The van der Waals surface area contributed by atoms with E-state index in [2.05, 4.69) is 10.2 Å². The highest BCUT2D eigenvalue weighted by Gasteiger charge is 2.37. The zero-order valence-corrected chi connectivity index (χ0v) is 13.8. The number of rotatable bonds is 4. The molecule has 1 amide bonds. The van der Waals surface area contributed by atoms with Crippen LogP contribution in [-0.2, 0) is 0 Å². The van der Waals surface area contributed by atoms with Crippen molar-refractivity contribution < 1.29 is 9.90 Å². The van der Waals surface area contributed by atoms with Crippen molar-refractivity contribution in [3.63, 3.8) is 0 Å². The highest BCUT2D eigenvalue weighted by atomic mass is 35.5. The number of amides is 1. The van der Waals surface area contributed by atoms with Gasteiger partial charge in [-0.2, -0.15) is 5.10 Å². The van der Waals surface area contributed by atoms with Crippen LogP contribution in [0.3, 0.4) is 0 Å². The van der Waals surface area contributed by atoms with Gasteiger partial charge in [0.2, 0.25) is 0 Å². The number of nitrogens with two attached hydrogens (primary N) is 1. The molecule has 0 aromatic carbocycles. The van der Waals surface area contributed by atoms with Gasteiger partial charge in [-0.1, -0.05) is 37.0 Å². The van der Waals surface area contributed by atoms with Gasteiger partial charge in [0.25, 0.3) is 0 Å². The quantitative estimate of drug-likeness (QED) is 0.493. The standard InChI is InChI=1S/C13H18Cl2N5O2/c1-7(2)11(20(16)13(21)22)8-3-4-19(6-8)9-5-17-18-12(15)10(9)14/h5,8,11H,3-4,6,16H2,1-2H3,(H,21,22)/t8?,11-/m1/s1. The van der Waals surface area contributed by atoms with Crippen molar-refractivity contribution in [2.45, 2.75) is 26.3 Å². The summed E-state index contributed by atoms with van der Waals surface area (Å²) in [5, 5.41) is 18.0. The van der Waals surface area contributed by atoms with Crippen LogP contribution in [0.1, 0.15) is 20.3 Å². The Kier molecular flexibility index (Phi) is 5.31. The molecular formula is C13H18Cl2N5O2. The van der Waals surface area contributed by atoms with Crippen LogP contribution in [0, 0.1) is 11.8 Å². The minimum Gasteiger partial charge on any atom is -0.464 e. The first-order valence-corrected chi connectivity index (χ1v) is 7.57. The average molecular weight is 347 g/mol. The number of hydrogen-bond acceptors (Lipinski definition) is 5. The number of carboxylic acid groups (broad SMARTS) is 1. The Morgan fingerprint density at radius 3 is 2.82 bits per heavy atom. The third-order valence-electron chi connectivity index (χ3n) is 3.86. The van der Waals surface area contributed by atoms with E-state index in [0.29, 0.717) is 17.3 Å². The molecule has 1 unspecified atom stereocenters. The van der Waals surface area contributed by atoms with E-state index < -0.39 is 6.09 Å². The molecule has 0 saturated carbocycles. The second-order valence-electron chi connectivity index (χ2n) is 5.54. The van der Waals surface area contributed by atoms with Gasteiger partial charge in [0, 0.05) is 19.0 Å².